The molecule has 1 rings (SSSR count). The van der Waals surface area contributed by atoms with Crippen molar-refractivity contribution in [2.75, 3.05) is 13.1 Å². The van der Waals surface area contributed by atoms with Gasteiger partial charge in [-0.15, -0.1) is 0 Å². The molecule has 1 N–H and O–H groups in total. The SMILES string of the molecule is Cc1cccc(OC(C)CNCC(C)C)c1. The third kappa shape index (κ3) is 5.17. The Labute approximate surface area is 99.0 Å². The first-order chi connectivity index (χ1) is 7.58. The smallest absolute Gasteiger partial charge is 0.120 e. The monoisotopic (exact) mass is 221 g/mol. The Balaban J connectivity index is 2.31. The molecule has 2 heteroatoms. The summed E-state index contributed by atoms with van der Waals surface area (Å²) >= 11 is 0. The Hall–Kier alpha value is -1.02. The summed E-state index contributed by atoms with van der Waals surface area (Å²) in [6.45, 7) is 10.5. The topological polar surface area (TPSA) is 21.3 Å². The summed E-state index contributed by atoms with van der Waals surface area (Å²) in [6, 6.07) is 8.18. The molecule has 0 aliphatic rings. The fraction of sp³-hybridized carbons (Fsp3) is 0.571. The molecule has 0 saturated heterocycles. The number of hydrogen-bond acceptors (Lipinski definition) is 2. The highest BCUT2D eigenvalue weighted by Gasteiger charge is 2.03. The van der Waals surface area contributed by atoms with Crippen LogP contribution in [0.15, 0.2) is 24.3 Å². The van der Waals surface area contributed by atoms with E-state index < -0.39 is 0 Å². The molecule has 0 amide bonds. The fourth-order valence-electron chi connectivity index (χ4n) is 1.54. The summed E-state index contributed by atoms with van der Waals surface area (Å²) in [5.41, 5.74) is 1.24. The molecule has 0 aliphatic carbocycles. The largest absolute Gasteiger partial charge is 0.489 e. The van der Waals surface area contributed by atoms with Crippen LogP contribution in [0.2, 0.25) is 0 Å². The molecule has 1 unspecified atom stereocenters. The van der Waals surface area contributed by atoms with Gasteiger partial charge in [0.05, 0.1) is 0 Å². The number of nitrogens with one attached hydrogen (secondary N) is 1. The number of ether oxygens (including phenoxy) is 1. The van der Waals surface area contributed by atoms with E-state index in [1.165, 1.54) is 5.56 Å². The zero-order chi connectivity index (χ0) is 12.0. The average Bonchev–Trinajstić information content (AvgIpc) is 2.16. The van der Waals surface area contributed by atoms with Crippen LogP contribution in [0.3, 0.4) is 0 Å². The molecule has 16 heavy (non-hydrogen) atoms. The van der Waals surface area contributed by atoms with Crippen LogP contribution in [0.5, 0.6) is 5.75 Å². The van der Waals surface area contributed by atoms with Gasteiger partial charge in [0.25, 0.3) is 0 Å². The van der Waals surface area contributed by atoms with E-state index in [1.807, 2.05) is 12.1 Å². The summed E-state index contributed by atoms with van der Waals surface area (Å²) in [5.74, 6) is 1.64. The normalized spacial score (nSPS) is 12.8. The van der Waals surface area contributed by atoms with Crippen molar-refractivity contribution in [2.24, 2.45) is 5.92 Å². The first-order valence-electron chi connectivity index (χ1n) is 6.02. The van der Waals surface area contributed by atoms with Crippen LogP contribution in [-0.4, -0.2) is 19.2 Å². The lowest BCUT2D eigenvalue weighted by molar-refractivity contribution is 0.215. The van der Waals surface area contributed by atoms with E-state index in [0.29, 0.717) is 5.92 Å². The number of rotatable bonds is 6. The lowest BCUT2D eigenvalue weighted by Gasteiger charge is -2.16. The molecule has 0 bridgehead atoms. The first kappa shape index (κ1) is 13.0. The predicted octanol–water partition coefficient (Wildman–Crippen LogP) is 3.01. The summed E-state index contributed by atoms with van der Waals surface area (Å²) in [4.78, 5) is 0. The van der Waals surface area contributed by atoms with Crippen LogP contribution in [0.25, 0.3) is 0 Å². The Morgan fingerprint density at radius 2 is 1.94 bits per heavy atom. The summed E-state index contributed by atoms with van der Waals surface area (Å²) in [7, 11) is 0. The van der Waals surface area contributed by atoms with E-state index in [0.717, 1.165) is 18.8 Å². The van der Waals surface area contributed by atoms with Crippen molar-refractivity contribution in [1.82, 2.24) is 5.32 Å². The third-order valence-corrected chi connectivity index (χ3v) is 2.31. The first-order valence-corrected chi connectivity index (χ1v) is 6.02. The maximum atomic E-state index is 5.81. The van der Waals surface area contributed by atoms with Gasteiger partial charge in [-0.3, -0.25) is 0 Å². The fourth-order valence-corrected chi connectivity index (χ4v) is 1.54. The van der Waals surface area contributed by atoms with E-state index in [9.17, 15) is 0 Å². The van der Waals surface area contributed by atoms with Crippen LogP contribution in [0.1, 0.15) is 26.3 Å². The minimum absolute atomic E-state index is 0.209. The lowest BCUT2D eigenvalue weighted by Crippen LogP contribution is -2.31. The molecule has 0 saturated carbocycles. The molecule has 0 aliphatic heterocycles. The molecular formula is C14H23NO. The molecule has 0 radical (unpaired) electrons. The van der Waals surface area contributed by atoms with Crippen LogP contribution in [0.4, 0.5) is 0 Å². The van der Waals surface area contributed by atoms with Crippen molar-refractivity contribution < 1.29 is 4.74 Å². The van der Waals surface area contributed by atoms with Crippen LogP contribution >= 0.6 is 0 Å². The van der Waals surface area contributed by atoms with Gasteiger partial charge in [0, 0.05) is 6.54 Å². The Kier molecular flexibility index (Phi) is 5.33. The van der Waals surface area contributed by atoms with Gasteiger partial charge in [-0.1, -0.05) is 26.0 Å². The molecule has 1 atom stereocenters. The third-order valence-electron chi connectivity index (χ3n) is 2.31. The molecule has 2 nitrogen and oxygen atoms in total. The Morgan fingerprint density at radius 3 is 2.56 bits per heavy atom. The molecular weight excluding hydrogens is 198 g/mol. The van der Waals surface area contributed by atoms with E-state index >= 15 is 0 Å². The van der Waals surface area contributed by atoms with Gasteiger partial charge in [0.1, 0.15) is 11.9 Å². The quantitative estimate of drug-likeness (QED) is 0.797. The average molecular weight is 221 g/mol. The zero-order valence-corrected chi connectivity index (χ0v) is 10.8. The maximum Gasteiger partial charge on any atom is 0.120 e. The van der Waals surface area contributed by atoms with Crippen molar-refractivity contribution in [3.05, 3.63) is 29.8 Å². The van der Waals surface area contributed by atoms with E-state index in [-0.39, 0.29) is 6.10 Å². The van der Waals surface area contributed by atoms with E-state index in [1.54, 1.807) is 0 Å². The van der Waals surface area contributed by atoms with Gasteiger partial charge in [-0.05, 0) is 44.0 Å². The summed E-state index contributed by atoms with van der Waals surface area (Å²) in [5, 5.41) is 3.39. The summed E-state index contributed by atoms with van der Waals surface area (Å²) < 4.78 is 5.81. The van der Waals surface area contributed by atoms with Gasteiger partial charge in [0.2, 0.25) is 0 Å². The molecule has 90 valence electrons. The number of benzene rings is 1. The highest BCUT2D eigenvalue weighted by molar-refractivity contribution is 5.27. The zero-order valence-electron chi connectivity index (χ0n) is 10.8. The van der Waals surface area contributed by atoms with E-state index in [4.69, 9.17) is 4.74 Å². The van der Waals surface area contributed by atoms with Crippen molar-refractivity contribution in [3.8, 4) is 5.75 Å². The second kappa shape index (κ2) is 6.54. The standard InChI is InChI=1S/C14H23NO/c1-11(2)9-15-10-13(4)16-14-7-5-6-12(3)8-14/h5-8,11,13,15H,9-10H2,1-4H3. The van der Waals surface area contributed by atoms with Crippen LogP contribution < -0.4 is 10.1 Å². The minimum Gasteiger partial charge on any atom is -0.489 e. The lowest BCUT2D eigenvalue weighted by atomic mass is 10.2. The number of hydrogen-bond donors (Lipinski definition) is 1. The van der Waals surface area contributed by atoms with Crippen molar-refractivity contribution >= 4 is 0 Å². The van der Waals surface area contributed by atoms with Gasteiger partial charge in [-0.25, -0.2) is 0 Å². The van der Waals surface area contributed by atoms with Crippen LogP contribution in [0, 0.1) is 12.8 Å². The maximum absolute atomic E-state index is 5.81. The Morgan fingerprint density at radius 1 is 1.19 bits per heavy atom. The summed E-state index contributed by atoms with van der Waals surface area (Å²) in [6.07, 6.45) is 0.209. The second-order valence-corrected chi connectivity index (χ2v) is 4.80. The Bertz CT molecular complexity index is 309. The molecule has 0 aromatic heterocycles. The van der Waals surface area contributed by atoms with Crippen molar-refractivity contribution in [3.63, 3.8) is 0 Å². The molecule has 1 aromatic rings. The van der Waals surface area contributed by atoms with Gasteiger partial charge < -0.3 is 10.1 Å². The van der Waals surface area contributed by atoms with Gasteiger partial charge in [-0.2, -0.15) is 0 Å². The van der Waals surface area contributed by atoms with E-state index in [2.05, 4.69) is 45.1 Å². The number of aryl methyl sites for hydroxylation is 1. The van der Waals surface area contributed by atoms with Gasteiger partial charge in [0.15, 0.2) is 0 Å². The van der Waals surface area contributed by atoms with Gasteiger partial charge >= 0.3 is 0 Å². The van der Waals surface area contributed by atoms with Crippen molar-refractivity contribution in [1.29, 1.82) is 0 Å². The molecule has 0 spiro atoms. The predicted molar refractivity (Wildman–Crippen MR) is 69.0 cm³/mol. The minimum atomic E-state index is 0.209. The molecule has 0 heterocycles. The van der Waals surface area contributed by atoms with Crippen LogP contribution in [-0.2, 0) is 0 Å². The molecule has 0 fully saturated rings. The molecule has 1 aromatic carbocycles. The van der Waals surface area contributed by atoms with Crippen molar-refractivity contribution in [2.45, 2.75) is 33.8 Å². The highest BCUT2D eigenvalue weighted by Crippen LogP contribution is 2.13. The second-order valence-electron chi connectivity index (χ2n) is 4.80. The highest BCUT2D eigenvalue weighted by atomic mass is 16.5.